The van der Waals surface area contributed by atoms with Gasteiger partial charge in [0.15, 0.2) is 12.3 Å². The molecular weight excluding hydrogens is 326 g/mol. The number of hydrogen-bond donors (Lipinski definition) is 1. The largest absolute Gasteiger partial charge is 0.868 e. The van der Waals surface area contributed by atoms with Crippen molar-refractivity contribution in [2.45, 2.75) is 24.5 Å². The Kier molecular flexibility index (Phi) is 5.47. The van der Waals surface area contributed by atoms with Gasteiger partial charge in [-0.1, -0.05) is 6.58 Å². The molecule has 1 rings (SSSR count). The second kappa shape index (κ2) is 6.57. The first-order chi connectivity index (χ1) is 9.94. The van der Waals surface area contributed by atoms with Gasteiger partial charge in [0.2, 0.25) is 0 Å². The van der Waals surface area contributed by atoms with E-state index in [9.17, 15) is 38.8 Å². The SMILES string of the molecule is C=C([O-])C(=O)O[C@H]1[C@H](O)[C@@H](OP(C)(=O)[O-])C=C(C(=O)[O-])[C@@H]1F. The quantitative estimate of drug-likeness (QED) is 0.235. The van der Waals surface area contributed by atoms with Crippen LogP contribution in [0.1, 0.15) is 0 Å². The van der Waals surface area contributed by atoms with Crippen molar-refractivity contribution in [2.24, 2.45) is 0 Å². The Hall–Kier alpha value is -1.74. The maximum Gasteiger partial charge on any atom is 0.322 e. The molecule has 1 N–H and O–H groups in total. The average molecular weight is 337 g/mol. The number of rotatable bonds is 5. The molecule has 0 fully saturated rings. The predicted molar refractivity (Wildman–Crippen MR) is 61.4 cm³/mol. The molecule has 0 bridgehead atoms. The fourth-order valence-electron chi connectivity index (χ4n) is 1.72. The molecule has 9 nitrogen and oxygen atoms in total. The summed E-state index contributed by atoms with van der Waals surface area (Å²) in [6, 6.07) is 0. The molecule has 11 heteroatoms. The van der Waals surface area contributed by atoms with Crippen molar-refractivity contribution in [3.8, 4) is 0 Å². The van der Waals surface area contributed by atoms with Crippen LogP contribution in [0.15, 0.2) is 24.0 Å². The van der Waals surface area contributed by atoms with Gasteiger partial charge in [-0.05, 0) is 11.8 Å². The molecule has 22 heavy (non-hydrogen) atoms. The summed E-state index contributed by atoms with van der Waals surface area (Å²) in [5, 5.41) is 31.3. The Morgan fingerprint density at radius 1 is 1.45 bits per heavy atom. The van der Waals surface area contributed by atoms with Crippen LogP contribution in [0.4, 0.5) is 4.39 Å². The number of aliphatic carboxylic acids is 1. The van der Waals surface area contributed by atoms with Gasteiger partial charge in [-0.2, -0.15) is 0 Å². The molecule has 1 aliphatic carbocycles. The van der Waals surface area contributed by atoms with Crippen molar-refractivity contribution in [1.82, 2.24) is 0 Å². The molecule has 0 saturated heterocycles. The number of hydrogen-bond acceptors (Lipinski definition) is 9. The van der Waals surface area contributed by atoms with E-state index in [1.54, 1.807) is 0 Å². The Bertz CT molecular complexity index is 566. The zero-order valence-electron chi connectivity index (χ0n) is 11.1. The lowest BCUT2D eigenvalue weighted by molar-refractivity contribution is -0.305. The number of ether oxygens (including phenoxy) is 1. The minimum Gasteiger partial charge on any atom is -0.868 e. The summed E-state index contributed by atoms with van der Waals surface area (Å²) in [6.45, 7) is 3.33. The molecule has 1 unspecified atom stereocenters. The standard InChI is InChI=1S/C11H14FO9P/c1-4(13)11(17)20-9-7(12)5(10(15)16)3-6(8(9)14)21-22(2,18)19/h3,6-9,13-14H,1H2,2H3,(H,15,16)(H,18,19)/p-3/t6-,7-,8+,9+/m0/s1. The maximum atomic E-state index is 14.0. The number of halogens is 1. The highest BCUT2D eigenvalue weighted by molar-refractivity contribution is 7.50. The second-order valence-electron chi connectivity index (χ2n) is 4.44. The fourth-order valence-corrected chi connectivity index (χ4v) is 2.35. The van der Waals surface area contributed by atoms with Crippen LogP contribution >= 0.6 is 7.60 Å². The minimum atomic E-state index is -4.44. The van der Waals surface area contributed by atoms with Gasteiger partial charge in [-0.25, -0.2) is 9.18 Å². The number of carboxylic acids is 1. The second-order valence-corrected chi connectivity index (χ2v) is 6.19. The molecular formula is C11H11FO9P-3. The van der Waals surface area contributed by atoms with Gasteiger partial charge in [0.05, 0.1) is 5.97 Å². The number of esters is 1. The van der Waals surface area contributed by atoms with Crippen LogP contribution in [0, 0.1) is 0 Å². The number of carbonyl (C=O) groups is 2. The summed E-state index contributed by atoms with van der Waals surface area (Å²) in [5.74, 6) is -5.02. The highest BCUT2D eigenvalue weighted by atomic mass is 31.2. The number of carbonyl (C=O) groups excluding carboxylic acids is 2. The van der Waals surface area contributed by atoms with Gasteiger partial charge in [-0.3, -0.25) is 0 Å². The highest BCUT2D eigenvalue weighted by Gasteiger charge is 2.44. The van der Waals surface area contributed by atoms with E-state index in [0.29, 0.717) is 12.7 Å². The van der Waals surface area contributed by atoms with Crippen molar-refractivity contribution in [3.05, 3.63) is 24.0 Å². The predicted octanol–water partition coefficient (Wildman–Crippen LogP) is -3.27. The van der Waals surface area contributed by atoms with Crippen molar-refractivity contribution in [3.63, 3.8) is 0 Å². The zero-order valence-corrected chi connectivity index (χ0v) is 12.0. The van der Waals surface area contributed by atoms with Gasteiger partial charge in [0, 0.05) is 12.2 Å². The van der Waals surface area contributed by atoms with Crippen molar-refractivity contribution >= 4 is 19.5 Å². The van der Waals surface area contributed by atoms with E-state index < -0.39 is 55.4 Å². The molecule has 0 aliphatic heterocycles. The lowest BCUT2D eigenvalue weighted by Gasteiger charge is -2.38. The molecule has 0 spiro atoms. The fraction of sp³-hybridized carbons (Fsp3) is 0.455. The molecule has 124 valence electrons. The third kappa shape index (κ3) is 4.38. The monoisotopic (exact) mass is 337 g/mol. The summed E-state index contributed by atoms with van der Waals surface area (Å²) in [4.78, 5) is 33.0. The molecule has 0 aromatic carbocycles. The third-order valence-electron chi connectivity index (χ3n) is 2.62. The van der Waals surface area contributed by atoms with E-state index in [-0.39, 0.29) is 0 Å². The highest BCUT2D eigenvalue weighted by Crippen LogP contribution is 2.38. The Balaban J connectivity index is 3.15. The van der Waals surface area contributed by atoms with E-state index in [4.69, 9.17) is 0 Å². The van der Waals surface area contributed by atoms with Gasteiger partial charge >= 0.3 is 5.97 Å². The van der Waals surface area contributed by atoms with Crippen LogP contribution in [0.5, 0.6) is 0 Å². The first-order valence-electron chi connectivity index (χ1n) is 5.73. The summed E-state index contributed by atoms with van der Waals surface area (Å²) in [7, 11) is -4.44. The van der Waals surface area contributed by atoms with Gasteiger partial charge < -0.3 is 38.8 Å². The summed E-state index contributed by atoms with van der Waals surface area (Å²) < 4.78 is 33.8. The van der Waals surface area contributed by atoms with E-state index >= 15 is 0 Å². The number of alkyl halides is 1. The van der Waals surface area contributed by atoms with Crippen molar-refractivity contribution in [2.75, 3.05) is 6.66 Å². The summed E-state index contributed by atoms with van der Waals surface area (Å²) in [5.41, 5.74) is -1.09. The molecule has 0 saturated carbocycles. The lowest BCUT2D eigenvalue weighted by Crippen LogP contribution is -2.52. The third-order valence-corrected chi connectivity index (χ3v) is 3.25. The molecule has 5 atom stereocenters. The van der Waals surface area contributed by atoms with Gasteiger partial charge in [0.25, 0.3) is 0 Å². The topological polar surface area (TPSA) is 159 Å². The van der Waals surface area contributed by atoms with Crippen LogP contribution in [0.3, 0.4) is 0 Å². The number of aliphatic hydroxyl groups excluding tert-OH is 1. The molecule has 1 aliphatic rings. The van der Waals surface area contributed by atoms with E-state index in [0.717, 1.165) is 0 Å². The molecule has 0 aromatic rings. The van der Waals surface area contributed by atoms with Crippen molar-refractivity contribution < 1.29 is 48.0 Å². The number of aliphatic hydroxyl groups is 1. The molecule has 0 aromatic heterocycles. The normalized spacial score (nSPS) is 30.8. The molecule has 0 radical (unpaired) electrons. The Labute approximate surface area is 123 Å². The van der Waals surface area contributed by atoms with E-state index in [1.807, 2.05) is 0 Å². The average Bonchev–Trinajstić information content (AvgIpc) is 2.35. The van der Waals surface area contributed by atoms with E-state index in [2.05, 4.69) is 15.8 Å². The van der Waals surface area contributed by atoms with E-state index in [1.165, 1.54) is 0 Å². The first-order valence-corrected chi connectivity index (χ1v) is 7.72. The first kappa shape index (κ1) is 18.3. The van der Waals surface area contributed by atoms with Crippen LogP contribution in [0.25, 0.3) is 0 Å². The summed E-state index contributed by atoms with van der Waals surface area (Å²) in [6.07, 6.45) is -8.12. The maximum absolute atomic E-state index is 14.0. The lowest BCUT2D eigenvalue weighted by atomic mass is 9.90. The molecule has 0 heterocycles. The Morgan fingerprint density at radius 2 is 2.00 bits per heavy atom. The van der Waals surface area contributed by atoms with Gasteiger partial charge in [-0.15, -0.1) is 0 Å². The van der Waals surface area contributed by atoms with Crippen LogP contribution < -0.4 is 15.1 Å². The minimum absolute atomic E-state index is 0.495. The zero-order chi connectivity index (χ0) is 17.2. The molecule has 0 amide bonds. The van der Waals surface area contributed by atoms with Crippen LogP contribution in [-0.4, -0.2) is 48.2 Å². The smallest absolute Gasteiger partial charge is 0.322 e. The number of carboxylic acid groups (broad SMARTS) is 1. The Morgan fingerprint density at radius 3 is 2.41 bits per heavy atom. The van der Waals surface area contributed by atoms with Crippen LogP contribution in [-0.2, 0) is 23.4 Å². The summed E-state index contributed by atoms with van der Waals surface area (Å²) >= 11 is 0. The van der Waals surface area contributed by atoms with Crippen molar-refractivity contribution in [1.29, 1.82) is 0 Å². The van der Waals surface area contributed by atoms with Gasteiger partial charge in [0.1, 0.15) is 19.8 Å². The van der Waals surface area contributed by atoms with Crippen LogP contribution in [0.2, 0.25) is 0 Å².